The zero-order valence-corrected chi connectivity index (χ0v) is 14.5. The van der Waals surface area contributed by atoms with Gasteiger partial charge < -0.3 is 15.4 Å². The molecule has 25 heavy (non-hydrogen) atoms. The summed E-state index contributed by atoms with van der Waals surface area (Å²) in [6.07, 6.45) is 0. The molecule has 4 rings (SSSR count). The van der Waals surface area contributed by atoms with Crippen molar-refractivity contribution in [1.82, 2.24) is 10.3 Å². The van der Waals surface area contributed by atoms with Crippen LogP contribution in [0.3, 0.4) is 0 Å². The van der Waals surface area contributed by atoms with Crippen molar-refractivity contribution in [3.05, 3.63) is 77.9 Å². The van der Waals surface area contributed by atoms with Crippen molar-refractivity contribution in [2.24, 2.45) is 5.10 Å². The number of fused-ring (bicyclic) bond motifs is 1. The molecule has 0 saturated heterocycles. The number of phenols is 1. The number of hydrogen-bond donors (Lipinski definition) is 3. The van der Waals surface area contributed by atoms with E-state index in [1.54, 1.807) is 6.07 Å². The van der Waals surface area contributed by atoms with Crippen molar-refractivity contribution >= 4 is 29.2 Å². The molecule has 126 valence electrons. The second kappa shape index (κ2) is 6.69. The van der Waals surface area contributed by atoms with Gasteiger partial charge in [0, 0.05) is 6.54 Å². The number of thiol groups is 1. The monoisotopic (exact) mass is 349 g/mol. The Morgan fingerprint density at radius 1 is 1.04 bits per heavy atom. The van der Waals surface area contributed by atoms with Crippen LogP contribution in [0.2, 0.25) is 0 Å². The first-order valence-corrected chi connectivity index (χ1v) is 8.76. The first-order valence-electron chi connectivity index (χ1n) is 8.24. The van der Waals surface area contributed by atoms with Gasteiger partial charge in [-0.05, 0) is 28.5 Å². The summed E-state index contributed by atoms with van der Waals surface area (Å²) in [7, 11) is 0. The fraction of sp³-hybridized carbons (Fsp3) is 0.150. The van der Waals surface area contributed by atoms with Gasteiger partial charge in [0.25, 0.3) is 0 Å². The average Bonchev–Trinajstić information content (AvgIpc) is 2.64. The van der Waals surface area contributed by atoms with E-state index >= 15 is 0 Å². The van der Waals surface area contributed by atoms with Crippen molar-refractivity contribution in [1.29, 1.82) is 0 Å². The van der Waals surface area contributed by atoms with Crippen LogP contribution in [0.1, 0.15) is 11.1 Å². The number of hydrogen-bond acceptors (Lipinski definition) is 5. The van der Waals surface area contributed by atoms with E-state index in [0.717, 1.165) is 0 Å². The van der Waals surface area contributed by atoms with Gasteiger partial charge in [0.1, 0.15) is 5.75 Å². The molecule has 0 aromatic heterocycles. The normalized spacial score (nSPS) is 17.2. The molecule has 0 radical (unpaired) electrons. The van der Waals surface area contributed by atoms with Crippen molar-refractivity contribution < 1.29 is 5.11 Å². The van der Waals surface area contributed by atoms with Crippen molar-refractivity contribution in [3.8, 4) is 5.75 Å². The van der Waals surface area contributed by atoms with Crippen LogP contribution >= 0.6 is 12.6 Å². The predicted molar refractivity (Wildman–Crippen MR) is 105 cm³/mol. The Balaban J connectivity index is 1.75. The highest BCUT2D eigenvalue weighted by Crippen LogP contribution is 2.26. The van der Waals surface area contributed by atoms with E-state index in [1.165, 1.54) is 16.3 Å². The zero-order valence-electron chi connectivity index (χ0n) is 13.6. The number of nitrogens with one attached hydrogen (secondary N) is 1. The molecule has 0 amide bonds. The van der Waals surface area contributed by atoms with Gasteiger partial charge in [0.2, 0.25) is 0 Å². The van der Waals surface area contributed by atoms with E-state index in [-0.39, 0.29) is 11.1 Å². The molecule has 1 aliphatic heterocycles. The number of nitrogens with zero attached hydrogens (tertiary/aromatic N) is 2. The van der Waals surface area contributed by atoms with Crippen LogP contribution in [0, 0.1) is 0 Å². The van der Waals surface area contributed by atoms with E-state index in [1.807, 2.05) is 24.3 Å². The molecule has 0 saturated carbocycles. The van der Waals surface area contributed by atoms with Gasteiger partial charge in [-0.2, -0.15) is 17.7 Å². The summed E-state index contributed by atoms with van der Waals surface area (Å²) in [6, 6.07) is 21.9. The molecule has 5 heteroatoms. The molecule has 2 N–H and O–H groups in total. The van der Waals surface area contributed by atoms with Crippen LogP contribution in [0.15, 0.2) is 71.8 Å². The third-order valence-corrected chi connectivity index (χ3v) is 4.92. The number of para-hydroxylation sites is 1. The molecule has 1 unspecified atom stereocenters. The highest BCUT2D eigenvalue weighted by Gasteiger charge is 2.26. The minimum Gasteiger partial charge on any atom is -0.507 e. The number of rotatable bonds is 3. The number of hydrazone groups is 1. The summed E-state index contributed by atoms with van der Waals surface area (Å²) in [5, 5.41) is 17.1. The third-order valence-electron chi connectivity index (χ3n) is 4.46. The Morgan fingerprint density at radius 2 is 1.80 bits per heavy atom. The standard InChI is InChI=1S/C20H19N3OS/c24-18-11-4-3-10-17(18)20-22-21-12-19(25)23(20)13-15-8-5-7-14-6-1-2-9-16(14)15/h1-11,19,21,24-25H,12-13H2. The zero-order chi connectivity index (χ0) is 17.2. The van der Waals surface area contributed by atoms with E-state index in [0.29, 0.717) is 24.5 Å². The van der Waals surface area contributed by atoms with Crippen LogP contribution in [0.4, 0.5) is 0 Å². The lowest BCUT2D eigenvalue weighted by molar-refractivity contribution is 0.353. The molecule has 1 aliphatic rings. The highest BCUT2D eigenvalue weighted by molar-refractivity contribution is 7.80. The smallest absolute Gasteiger partial charge is 0.160 e. The van der Waals surface area contributed by atoms with E-state index in [2.05, 4.69) is 51.8 Å². The molecule has 3 aromatic carbocycles. The van der Waals surface area contributed by atoms with E-state index in [4.69, 9.17) is 12.6 Å². The second-order valence-corrected chi connectivity index (χ2v) is 6.66. The van der Waals surface area contributed by atoms with Gasteiger partial charge in [0.05, 0.1) is 17.5 Å². The molecular weight excluding hydrogens is 330 g/mol. The molecule has 0 aliphatic carbocycles. The maximum absolute atomic E-state index is 10.2. The fourth-order valence-electron chi connectivity index (χ4n) is 3.19. The second-order valence-electron chi connectivity index (χ2n) is 6.06. The molecular formula is C20H19N3OS. The lowest BCUT2D eigenvalue weighted by Crippen LogP contribution is -2.47. The SMILES string of the molecule is Oc1ccccc1C1=NNCC(S)N1Cc1cccc2ccccc12. The molecule has 3 aromatic rings. The van der Waals surface area contributed by atoms with Gasteiger partial charge in [0.15, 0.2) is 5.84 Å². The molecule has 1 heterocycles. The van der Waals surface area contributed by atoms with Gasteiger partial charge in [-0.25, -0.2) is 0 Å². The number of amidine groups is 1. The minimum absolute atomic E-state index is 0.0360. The third kappa shape index (κ3) is 3.03. The maximum atomic E-state index is 10.2. The number of phenolic OH excluding ortho intramolecular Hbond substituents is 1. The summed E-state index contributed by atoms with van der Waals surface area (Å²) < 4.78 is 0. The Morgan fingerprint density at radius 3 is 2.68 bits per heavy atom. The van der Waals surface area contributed by atoms with E-state index in [9.17, 15) is 5.11 Å². The summed E-state index contributed by atoms with van der Waals surface area (Å²) in [6.45, 7) is 1.31. The Bertz CT molecular complexity index is 936. The largest absolute Gasteiger partial charge is 0.507 e. The Kier molecular flexibility index (Phi) is 4.24. The fourth-order valence-corrected chi connectivity index (χ4v) is 3.46. The van der Waals surface area contributed by atoms with Crippen LogP contribution in [0.25, 0.3) is 10.8 Å². The Hall–Kier alpha value is -2.66. The first kappa shape index (κ1) is 15.8. The molecule has 1 atom stereocenters. The molecule has 0 fully saturated rings. The Labute approximate surface area is 152 Å². The lowest BCUT2D eigenvalue weighted by Gasteiger charge is -2.35. The summed E-state index contributed by atoms with van der Waals surface area (Å²) in [5.74, 6) is 0.922. The van der Waals surface area contributed by atoms with Gasteiger partial charge in [-0.1, -0.05) is 54.6 Å². The van der Waals surface area contributed by atoms with Gasteiger partial charge in [-0.3, -0.25) is 0 Å². The topological polar surface area (TPSA) is 47.9 Å². The van der Waals surface area contributed by atoms with Crippen LogP contribution < -0.4 is 5.43 Å². The maximum Gasteiger partial charge on any atom is 0.160 e. The molecule has 0 spiro atoms. The highest BCUT2D eigenvalue weighted by atomic mass is 32.1. The average molecular weight is 349 g/mol. The van der Waals surface area contributed by atoms with Crippen molar-refractivity contribution in [3.63, 3.8) is 0 Å². The number of aromatic hydroxyl groups is 1. The van der Waals surface area contributed by atoms with Gasteiger partial charge >= 0.3 is 0 Å². The first-order chi connectivity index (χ1) is 12.2. The van der Waals surface area contributed by atoms with E-state index < -0.39 is 0 Å². The summed E-state index contributed by atoms with van der Waals surface area (Å²) in [5.41, 5.74) is 4.94. The van der Waals surface area contributed by atoms with Gasteiger partial charge in [-0.15, -0.1) is 0 Å². The van der Waals surface area contributed by atoms with Crippen molar-refractivity contribution in [2.75, 3.05) is 6.54 Å². The van der Waals surface area contributed by atoms with Crippen molar-refractivity contribution in [2.45, 2.75) is 11.9 Å². The van der Waals surface area contributed by atoms with Crippen LogP contribution in [-0.2, 0) is 6.54 Å². The predicted octanol–water partition coefficient (Wildman–Crippen LogP) is 3.57. The minimum atomic E-state index is -0.0360. The van der Waals surface area contributed by atoms with Crippen LogP contribution in [-0.4, -0.2) is 27.8 Å². The molecule has 0 bridgehead atoms. The summed E-state index contributed by atoms with van der Waals surface area (Å²) in [4.78, 5) is 2.12. The van der Waals surface area contributed by atoms with Crippen LogP contribution in [0.5, 0.6) is 5.75 Å². The molecule has 4 nitrogen and oxygen atoms in total. The lowest BCUT2D eigenvalue weighted by atomic mass is 10.0. The summed E-state index contributed by atoms with van der Waals surface area (Å²) >= 11 is 4.73. The quantitative estimate of drug-likeness (QED) is 0.634. The number of benzene rings is 3.